The van der Waals surface area contributed by atoms with Crippen molar-refractivity contribution in [2.24, 2.45) is 0 Å². The number of aromatic carboxylic acids is 1. The maximum absolute atomic E-state index is 11.1. The molecule has 0 saturated heterocycles. The fraction of sp³-hybridized carbons (Fsp3) is 0.133. The topological polar surface area (TPSA) is 46.5 Å². The van der Waals surface area contributed by atoms with Gasteiger partial charge in [-0.2, -0.15) is 0 Å². The summed E-state index contributed by atoms with van der Waals surface area (Å²) in [5.74, 6) is -0.642. The molecule has 0 spiro atoms. The quantitative estimate of drug-likeness (QED) is 0.911. The third-order valence-electron chi connectivity index (χ3n) is 2.76. The van der Waals surface area contributed by atoms with Crippen LogP contribution in [0.5, 0.6) is 5.75 Å². The molecule has 0 radical (unpaired) electrons. The molecule has 0 bridgehead atoms. The standard InChI is InChI=1S/C15H13ClO3/c1-10(11-6-8-12(16)9-7-11)19-14-5-3-2-4-13(14)15(17)18/h2-10H,1H3,(H,17,18). The summed E-state index contributed by atoms with van der Waals surface area (Å²) in [5.41, 5.74) is 1.09. The van der Waals surface area contributed by atoms with Crippen LogP contribution in [0.4, 0.5) is 0 Å². The number of ether oxygens (including phenoxy) is 1. The van der Waals surface area contributed by atoms with Crippen molar-refractivity contribution in [3.05, 3.63) is 64.7 Å². The minimum absolute atomic E-state index is 0.156. The first-order chi connectivity index (χ1) is 9.08. The summed E-state index contributed by atoms with van der Waals surface area (Å²) in [4.78, 5) is 11.1. The van der Waals surface area contributed by atoms with Crippen molar-refractivity contribution in [2.45, 2.75) is 13.0 Å². The van der Waals surface area contributed by atoms with E-state index in [0.29, 0.717) is 10.8 Å². The Balaban J connectivity index is 2.21. The lowest BCUT2D eigenvalue weighted by molar-refractivity contribution is 0.0689. The zero-order valence-electron chi connectivity index (χ0n) is 10.3. The van der Waals surface area contributed by atoms with Crippen molar-refractivity contribution in [3.8, 4) is 5.75 Å². The summed E-state index contributed by atoms with van der Waals surface area (Å²) in [5, 5.41) is 9.74. The molecule has 19 heavy (non-hydrogen) atoms. The zero-order chi connectivity index (χ0) is 13.8. The zero-order valence-corrected chi connectivity index (χ0v) is 11.1. The van der Waals surface area contributed by atoms with Crippen molar-refractivity contribution in [2.75, 3.05) is 0 Å². The van der Waals surface area contributed by atoms with Crippen LogP contribution in [-0.2, 0) is 0 Å². The number of rotatable bonds is 4. The van der Waals surface area contributed by atoms with E-state index in [1.54, 1.807) is 30.3 Å². The summed E-state index contributed by atoms with van der Waals surface area (Å²) in [6.45, 7) is 1.86. The average molecular weight is 277 g/mol. The van der Waals surface area contributed by atoms with Crippen LogP contribution in [0.15, 0.2) is 48.5 Å². The van der Waals surface area contributed by atoms with Crippen molar-refractivity contribution < 1.29 is 14.6 Å². The molecular weight excluding hydrogens is 264 g/mol. The minimum atomic E-state index is -1.00. The predicted molar refractivity (Wildman–Crippen MR) is 73.9 cm³/mol. The molecule has 1 atom stereocenters. The van der Waals surface area contributed by atoms with E-state index in [2.05, 4.69) is 0 Å². The Morgan fingerprint density at radius 3 is 2.42 bits per heavy atom. The third-order valence-corrected chi connectivity index (χ3v) is 3.01. The van der Waals surface area contributed by atoms with E-state index >= 15 is 0 Å². The molecule has 1 unspecified atom stereocenters. The fourth-order valence-corrected chi connectivity index (χ4v) is 1.86. The summed E-state index contributed by atoms with van der Waals surface area (Å²) in [7, 11) is 0. The van der Waals surface area contributed by atoms with Gasteiger partial charge in [-0.15, -0.1) is 0 Å². The second-order valence-electron chi connectivity index (χ2n) is 4.11. The smallest absolute Gasteiger partial charge is 0.339 e. The maximum atomic E-state index is 11.1. The highest BCUT2D eigenvalue weighted by atomic mass is 35.5. The molecule has 0 aromatic heterocycles. The first-order valence-corrected chi connectivity index (χ1v) is 6.20. The average Bonchev–Trinajstić information content (AvgIpc) is 2.39. The van der Waals surface area contributed by atoms with E-state index in [4.69, 9.17) is 21.4 Å². The van der Waals surface area contributed by atoms with Crippen LogP contribution in [0.2, 0.25) is 5.02 Å². The van der Waals surface area contributed by atoms with E-state index in [9.17, 15) is 4.79 Å². The summed E-state index contributed by atoms with van der Waals surface area (Å²) in [6, 6.07) is 13.9. The van der Waals surface area contributed by atoms with Gasteiger partial charge >= 0.3 is 5.97 Å². The normalized spacial score (nSPS) is 11.9. The lowest BCUT2D eigenvalue weighted by atomic mass is 10.1. The summed E-state index contributed by atoms with van der Waals surface area (Å²) in [6.07, 6.45) is -0.252. The number of hydrogen-bond acceptors (Lipinski definition) is 2. The van der Waals surface area contributed by atoms with Gasteiger partial charge in [-0.05, 0) is 36.8 Å². The van der Waals surface area contributed by atoms with E-state index in [-0.39, 0.29) is 11.7 Å². The van der Waals surface area contributed by atoms with E-state index in [1.165, 1.54) is 6.07 Å². The van der Waals surface area contributed by atoms with E-state index in [0.717, 1.165) is 5.56 Å². The number of halogens is 1. The highest BCUT2D eigenvalue weighted by molar-refractivity contribution is 6.30. The van der Waals surface area contributed by atoms with Gasteiger partial charge in [0.2, 0.25) is 0 Å². The van der Waals surface area contributed by atoms with Gasteiger partial charge in [-0.1, -0.05) is 35.9 Å². The third kappa shape index (κ3) is 3.26. The van der Waals surface area contributed by atoms with Gasteiger partial charge in [-0.25, -0.2) is 4.79 Å². The van der Waals surface area contributed by atoms with Crippen LogP contribution in [0.1, 0.15) is 28.9 Å². The van der Waals surface area contributed by atoms with Gasteiger partial charge in [0, 0.05) is 5.02 Å². The summed E-state index contributed by atoms with van der Waals surface area (Å²) >= 11 is 5.82. The lowest BCUT2D eigenvalue weighted by Crippen LogP contribution is -2.07. The molecule has 0 aliphatic rings. The van der Waals surface area contributed by atoms with Gasteiger partial charge in [0.1, 0.15) is 17.4 Å². The Morgan fingerprint density at radius 1 is 1.16 bits per heavy atom. The Morgan fingerprint density at radius 2 is 1.79 bits per heavy atom. The number of para-hydroxylation sites is 1. The molecule has 2 rings (SSSR count). The highest BCUT2D eigenvalue weighted by Crippen LogP contribution is 2.25. The molecular formula is C15H13ClO3. The predicted octanol–water partition coefficient (Wildman–Crippen LogP) is 4.18. The molecule has 4 heteroatoms. The summed E-state index contributed by atoms with van der Waals surface area (Å²) < 4.78 is 5.71. The van der Waals surface area contributed by atoms with Crippen molar-refractivity contribution >= 4 is 17.6 Å². The second kappa shape index (κ2) is 5.76. The largest absolute Gasteiger partial charge is 0.485 e. The van der Waals surface area contributed by atoms with Crippen molar-refractivity contribution in [1.29, 1.82) is 0 Å². The highest BCUT2D eigenvalue weighted by Gasteiger charge is 2.14. The number of carboxylic acids is 1. The lowest BCUT2D eigenvalue weighted by Gasteiger charge is -2.16. The van der Waals surface area contributed by atoms with E-state index < -0.39 is 5.97 Å². The van der Waals surface area contributed by atoms with Crippen LogP contribution in [0.25, 0.3) is 0 Å². The maximum Gasteiger partial charge on any atom is 0.339 e. The Hall–Kier alpha value is -2.00. The van der Waals surface area contributed by atoms with Crippen molar-refractivity contribution in [3.63, 3.8) is 0 Å². The molecule has 0 heterocycles. The molecule has 0 saturated carbocycles. The first kappa shape index (κ1) is 13.4. The molecule has 0 fully saturated rings. The second-order valence-corrected chi connectivity index (χ2v) is 4.55. The van der Waals surface area contributed by atoms with Crippen LogP contribution >= 0.6 is 11.6 Å². The van der Waals surface area contributed by atoms with Gasteiger partial charge in [0.15, 0.2) is 0 Å². The van der Waals surface area contributed by atoms with Crippen LogP contribution in [0.3, 0.4) is 0 Å². The van der Waals surface area contributed by atoms with Gasteiger partial charge < -0.3 is 9.84 Å². The van der Waals surface area contributed by atoms with Crippen molar-refractivity contribution in [1.82, 2.24) is 0 Å². The number of benzene rings is 2. The molecule has 98 valence electrons. The Bertz CT molecular complexity index is 578. The van der Waals surface area contributed by atoms with Gasteiger partial charge in [0.25, 0.3) is 0 Å². The monoisotopic (exact) mass is 276 g/mol. The number of carboxylic acid groups (broad SMARTS) is 1. The molecule has 2 aromatic rings. The van der Waals surface area contributed by atoms with Crippen LogP contribution < -0.4 is 4.74 Å². The minimum Gasteiger partial charge on any atom is -0.485 e. The molecule has 1 N–H and O–H groups in total. The molecule has 0 amide bonds. The molecule has 0 aliphatic heterocycles. The Kier molecular flexibility index (Phi) is 4.07. The molecule has 3 nitrogen and oxygen atoms in total. The fourth-order valence-electron chi connectivity index (χ4n) is 1.74. The Labute approximate surface area is 116 Å². The van der Waals surface area contributed by atoms with E-state index in [1.807, 2.05) is 19.1 Å². The van der Waals surface area contributed by atoms with Crippen LogP contribution in [0, 0.1) is 0 Å². The van der Waals surface area contributed by atoms with Gasteiger partial charge in [0.05, 0.1) is 0 Å². The molecule has 2 aromatic carbocycles. The van der Waals surface area contributed by atoms with Crippen LogP contribution in [-0.4, -0.2) is 11.1 Å². The molecule has 0 aliphatic carbocycles. The SMILES string of the molecule is CC(Oc1ccccc1C(=O)O)c1ccc(Cl)cc1. The first-order valence-electron chi connectivity index (χ1n) is 5.82. The number of carbonyl (C=O) groups is 1. The number of hydrogen-bond donors (Lipinski definition) is 1. The van der Waals surface area contributed by atoms with Gasteiger partial charge in [-0.3, -0.25) is 0 Å².